The van der Waals surface area contributed by atoms with E-state index in [1.54, 1.807) is 24.3 Å². The van der Waals surface area contributed by atoms with Crippen LogP contribution in [0, 0.1) is 13.8 Å². The van der Waals surface area contributed by atoms with Crippen molar-refractivity contribution in [1.82, 2.24) is 14.9 Å². The van der Waals surface area contributed by atoms with Gasteiger partial charge in [0.15, 0.2) is 6.61 Å². The van der Waals surface area contributed by atoms with Crippen molar-refractivity contribution >= 4 is 28.5 Å². The average molecular weight is 492 g/mol. The van der Waals surface area contributed by atoms with Crippen LogP contribution >= 0.6 is 11.6 Å². The predicted octanol–water partition coefficient (Wildman–Crippen LogP) is 5.51. The Morgan fingerprint density at radius 1 is 0.971 bits per heavy atom. The van der Waals surface area contributed by atoms with Crippen LogP contribution in [-0.4, -0.2) is 35.2 Å². The normalized spacial score (nSPS) is 10.9. The highest BCUT2D eigenvalue weighted by Gasteiger charge is 2.12. The second kappa shape index (κ2) is 11.8. The molecule has 182 valence electrons. The van der Waals surface area contributed by atoms with Crippen LogP contribution in [0.2, 0.25) is 5.02 Å². The van der Waals surface area contributed by atoms with Crippen molar-refractivity contribution in [2.45, 2.75) is 33.2 Å². The van der Waals surface area contributed by atoms with Crippen molar-refractivity contribution in [1.29, 1.82) is 0 Å². The van der Waals surface area contributed by atoms with Gasteiger partial charge in [-0.3, -0.25) is 4.79 Å². The highest BCUT2D eigenvalue weighted by atomic mass is 35.5. The maximum Gasteiger partial charge on any atom is 0.257 e. The number of hydrogen-bond acceptors (Lipinski definition) is 4. The summed E-state index contributed by atoms with van der Waals surface area (Å²) in [5.41, 5.74) is 4.33. The first kappa shape index (κ1) is 24.6. The van der Waals surface area contributed by atoms with E-state index in [2.05, 4.69) is 41.9 Å². The first-order valence-electron chi connectivity index (χ1n) is 11.8. The minimum atomic E-state index is -0.157. The fourth-order valence-corrected chi connectivity index (χ4v) is 4.16. The minimum Gasteiger partial charge on any atom is -0.491 e. The molecule has 0 saturated heterocycles. The zero-order valence-corrected chi connectivity index (χ0v) is 20.8. The summed E-state index contributed by atoms with van der Waals surface area (Å²) in [4.78, 5) is 17.0. The van der Waals surface area contributed by atoms with Gasteiger partial charge in [-0.2, -0.15) is 0 Å². The highest BCUT2D eigenvalue weighted by molar-refractivity contribution is 6.30. The first-order valence-corrected chi connectivity index (χ1v) is 12.2. The minimum absolute atomic E-state index is 0.0319. The van der Waals surface area contributed by atoms with Gasteiger partial charge in [-0.15, -0.1) is 0 Å². The average Bonchev–Trinajstić information content (AvgIpc) is 3.20. The van der Waals surface area contributed by atoms with Crippen molar-refractivity contribution in [3.63, 3.8) is 0 Å². The van der Waals surface area contributed by atoms with Gasteiger partial charge >= 0.3 is 0 Å². The molecule has 0 bridgehead atoms. The third kappa shape index (κ3) is 6.55. The molecule has 1 aromatic heterocycles. The van der Waals surface area contributed by atoms with Crippen LogP contribution in [-0.2, 0) is 17.8 Å². The van der Waals surface area contributed by atoms with Gasteiger partial charge in [-0.1, -0.05) is 41.9 Å². The van der Waals surface area contributed by atoms with Crippen LogP contribution in [0.3, 0.4) is 0 Å². The maximum atomic E-state index is 12.1. The number of para-hydroxylation sites is 3. The lowest BCUT2D eigenvalue weighted by atomic mass is 10.1. The second-order valence-electron chi connectivity index (χ2n) is 8.43. The number of ether oxygens (including phenoxy) is 2. The van der Waals surface area contributed by atoms with Crippen LogP contribution in [0.15, 0.2) is 66.7 Å². The molecule has 0 atom stereocenters. The zero-order chi connectivity index (χ0) is 24.6. The molecule has 0 aliphatic heterocycles. The molecule has 0 saturated carbocycles. The van der Waals surface area contributed by atoms with Crippen LogP contribution < -0.4 is 14.8 Å². The Morgan fingerprint density at radius 2 is 1.71 bits per heavy atom. The Bertz CT molecular complexity index is 1260. The fraction of sp³-hybridized carbons (Fsp3) is 0.286. The molecule has 1 heterocycles. The number of aromatic nitrogens is 2. The monoisotopic (exact) mass is 491 g/mol. The summed E-state index contributed by atoms with van der Waals surface area (Å²) in [7, 11) is 0. The van der Waals surface area contributed by atoms with E-state index in [0.717, 1.165) is 46.6 Å². The molecule has 4 aromatic rings. The lowest BCUT2D eigenvalue weighted by molar-refractivity contribution is -0.123. The Hall–Kier alpha value is -3.51. The van der Waals surface area contributed by atoms with Crippen LogP contribution in [0.5, 0.6) is 11.5 Å². The second-order valence-corrected chi connectivity index (χ2v) is 8.87. The lowest BCUT2D eigenvalue weighted by Crippen LogP contribution is -2.30. The number of hydrogen-bond donors (Lipinski definition) is 1. The third-order valence-corrected chi connectivity index (χ3v) is 6.04. The molecular formula is C28H30ClN3O3. The Kier molecular flexibility index (Phi) is 8.27. The van der Waals surface area contributed by atoms with E-state index in [1.807, 2.05) is 24.3 Å². The summed E-state index contributed by atoms with van der Waals surface area (Å²) < 4.78 is 13.9. The summed E-state index contributed by atoms with van der Waals surface area (Å²) in [5.74, 6) is 2.39. The molecule has 0 unspecified atom stereocenters. The summed E-state index contributed by atoms with van der Waals surface area (Å²) in [5, 5.41) is 3.54. The summed E-state index contributed by atoms with van der Waals surface area (Å²) >= 11 is 5.87. The van der Waals surface area contributed by atoms with Gasteiger partial charge in [0.05, 0.1) is 17.6 Å². The molecular weight excluding hydrogens is 462 g/mol. The van der Waals surface area contributed by atoms with E-state index >= 15 is 0 Å². The number of nitrogens with zero attached hydrogens (tertiary/aromatic N) is 2. The van der Waals surface area contributed by atoms with Crippen LogP contribution in [0.4, 0.5) is 0 Å². The standard InChI is InChI=1S/C28H30ClN3O3/c1-20-7-5-8-21(2)28(20)34-18-17-32-25-10-4-3-9-24(25)31-26(32)11-6-16-30-27(33)19-35-23-14-12-22(29)13-15-23/h3-5,7-10,12-15H,6,11,16-19H2,1-2H3,(H,30,33). The van der Waals surface area contributed by atoms with Crippen molar-refractivity contribution in [3.05, 3.63) is 88.7 Å². The van der Waals surface area contributed by atoms with E-state index < -0.39 is 0 Å². The van der Waals surface area contributed by atoms with Gasteiger partial charge in [-0.25, -0.2) is 4.98 Å². The summed E-state index contributed by atoms with van der Waals surface area (Å²) in [6.45, 7) is 5.90. The predicted molar refractivity (Wildman–Crippen MR) is 139 cm³/mol. The van der Waals surface area contributed by atoms with Gasteiger partial charge in [0.1, 0.15) is 23.9 Å². The molecule has 3 aromatic carbocycles. The van der Waals surface area contributed by atoms with Crippen LogP contribution in [0.25, 0.3) is 11.0 Å². The Morgan fingerprint density at radius 3 is 2.49 bits per heavy atom. The molecule has 1 amide bonds. The molecule has 7 heteroatoms. The molecule has 1 N–H and O–H groups in total. The molecule has 6 nitrogen and oxygen atoms in total. The number of fused-ring (bicyclic) bond motifs is 1. The Labute approximate surface area is 210 Å². The van der Waals surface area contributed by atoms with E-state index in [0.29, 0.717) is 30.5 Å². The van der Waals surface area contributed by atoms with Gasteiger partial charge < -0.3 is 19.4 Å². The summed E-state index contributed by atoms with van der Waals surface area (Å²) in [6.07, 6.45) is 1.52. The molecule has 0 fully saturated rings. The quantitative estimate of drug-likeness (QED) is 0.281. The summed E-state index contributed by atoms with van der Waals surface area (Å²) in [6, 6.07) is 21.2. The zero-order valence-electron chi connectivity index (χ0n) is 20.1. The Balaban J connectivity index is 1.30. The molecule has 35 heavy (non-hydrogen) atoms. The van der Waals surface area contributed by atoms with Gasteiger partial charge in [-0.05, 0) is 67.8 Å². The smallest absolute Gasteiger partial charge is 0.257 e. The van der Waals surface area contributed by atoms with Crippen molar-refractivity contribution < 1.29 is 14.3 Å². The largest absolute Gasteiger partial charge is 0.491 e. The van der Waals surface area contributed by atoms with E-state index in [4.69, 9.17) is 26.1 Å². The SMILES string of the molecule is Cc1cccc(C)c1OCCn1c(CCCNC(=O)COc2ccc(Cl)cc2)nc2ccccc21. The van der Waals surface area contributed by atoms with Gasteiger partial charge in [0.2, 0.25) is 0 Å². The number of imidazole rings is 1. The molecule has 0 spiro atoms. The van der Waals surface area contributed by atoms with E-state index in [1.165, 1.54) is 0 Å². The van der Waals surface area contributed by atoms with Crippen molar-refractivity contribution in [2.75, 3.05) is 19.8 Å². The fourth-order valence-electron chi connectivity index (χ4n) is 4.04. The number of amides is 1. The number of rotatable bonds is 11. The number of benzene rings is 3. The van der Waals surface area contributed by atoms with E-state index in [-0.39, 0.29) is 12.5 Å². The molecule has 0 radical (unpaired) electrons. The van der Waals surface area contributed by atoms with Gasteiger partial charge in [0, 0.05) is 18.0 Å². The third-order valence-electron chi connectivity index (χ3n) is 5.79. The first-order chi connectivity index (χ1) is 17.0. The maximum absolute atomic E-state index is 12.1. The molecule has 0 aliphatic rings. The number of carbonyl (C=O) groups excluding carboxylic acids is 1. The van der Waals surface area contributed by atoms with Crippen LogP contribution in [0.1, 0.15) is 23.4 Å². The van der Waals surface area contributed by atoms with E-state index in [9.17, 15) is 4.79 Å². The topological polar surface area (TPSA) is 65.4 Å². The van der Waals surface area contributed by atoms with Crippen molar-refractivity contribution in [3.8, 4) is 11.5 Å². The number of carbonyl (C=O) groups is 1. The lowest BCUT2D eigenvalue weighted by Gasteiger charge is -2.14. The highest BCUT2D eigenvalue weighted by Crippen LogP contribution is 2.23. The molecule has 4 rings (SSSR count). The molecule has 0 aliphatic carbocycles. The van der Waals surface area contributed by atoms with Gasteiger partial charge in [0.25, 0.3) is 5.91 Å². The van der Waals surface area contributed by atoms with Crippen molar-refractivity contribution in [2.24, 2.45) is 0 Å². The number of aryl methyl sites for hydroxylation is 3. The number of nitrogens with one attached hydrogen (secondary N) is 1. The number of halogens is 1.